The van der Waals surface area contributed by atoms with E-state index in [0.717, 1.165) is 18.5 Å². The van der Waals surface area contributed by atoms with E-state index in [1.54, 1.807) is 30.7 Å². The van der Waals surface area contributed by atoms with E-state index < -0.39 is 17.6 Å². The number of carbonyl (C=O) groups excluding carboxylic acids is 3. The summed E-state index contributed by atoms with van der Waals surface area (Å²) in [6.07, 6.45) is 1.89. The van der Waals surface area contributed by atoms with Crippen molar-refractivity contribution in [1.29, 1.82) is 0 Å². The molecule has 1 heterocycles. The van der Waals surface area contributed by atoms with Crippen LogP contribution < -0.4 is 20.3 Å². The molecule has 0 bridgehead atoms. The van der Waals surface area contributed by atoms with E-state index >= 15 is 0 Å². The van der Waals surface area contributed by atoms with E-state index in [1.807, 2.05) is 30.3 Å². The maximum atomic E-state index is 12.8. The van der Waals surface area contributed by atoms with Gasteiger partial charge in [-0.05, 0) is 50.6 Å². The fourth-order valence-corrected chi connectivity index (χ4v) is 3.40. The Labute approximate surface area is 198 Å². The predicted molar refractivity (Wildman–Crippen MR) is 126 cm³/mol. The molecule has 178 valence electrons. The number of benzene rings is 2. The van der Waals surface area contributed by atoms with Crippen LogP contribution in [0.2, 0.25) is 0 Å². The molecular formula is C25H28N4O5. The molecule has 0 saturated heterocycles. The van der Waals surface area contributed by atoms with Crippen LogP contribution in [-0.2, 0) is 4.79 Å². The van der Waals surface area contributed by atoms with Gasteiger partial charge in [-0.25, -0.2) is 4.68 Å². The van der Waals surface area contributed by atoms with Crippen molar-refractivity contribution >= 4 is 17.6 Å². The van der Waals surface area contributed by atoms with Crippen molar-refractivity contribution in [3.8, 4) is 17.2 Å². The second-order valence-electron chi connectivity index (χ2n) is 7.60. The molecule has 0 atom stereocenters. The van der Waals surface area contributed by atoms with Gasteiger partial charge in [-0.15, -0.1) is 0 Å². The number of rotatable bonds is 9. The molecule has 3 aromatic rings. The minimum absolute atomic E-state index is 0.186. The van der Waals surface area contributed by atoms with Crippen LogP contribution in [0, 0.1) is 13.8 Å². The first-order valence-corrected chi connectivity index (χ1v) is 10.9. The number of Topliss-reactive ketones (excluding diaryl/α,β-unsaturated/α-hetero) is 1. The molecule has 2 amide bonds. The van der Waals surface area contributed by atoms with Crippen molar-refractivity contribution in [1.82, 2.24) is 20.6 Å². The van der Waals surface area contributed by atoms with Crippen LogP contribution >= 0.6 is 0 Å². The van der Waals surface area contributed by atoms with Gasteiger partial charge in [0.25, 0.3) is 11.7 Å². The number of aromatic nitrogens is 2. The van der Waals surface area contributed by atoms with Gasteiger partial charge in [0.2, 0.25) is 0 Å². The van der Waals surface area contributed by atoms with Gasteiger partial charge < -0.3 is 9.47 Å². The third-order valence-corrected chi connectivity index (χ3v) is 5.20. The molecule has 0 aliphatic carbocycles. The highest BCUT2D eigenvalue weighted by molar-refractivity contribution is 6.43. The lowest BCUT2D eigenvalue weighted by atomic mass is 10.1. The summed E-state index contributed by atoms with van der Waals surface area (Å²) in [4.78, 5) is 37.8. The lowest BCUT2D eigenvalue weighted by Crippen LogP contribution is -2.45. The molecule has 0 saturated carbocycles. The molecule has 2 aromatic carbocycles. The van der Waals surface area contributed by atoms with E-state index in [0.29, 0.717) is 29.5 Å². The van der Waals surface area contributed by atoms with Crippen LogP contribution in [0.3, 0.4) is 0 Å². The summed E-state index contributed by atoms with van der Waals surface area (Å²) < 4.78 is 12.6. The third kappa shape index (κ3) is 5.43. The molecule has 9 nitrogen and oxygen atoms in total. The number of hydrogen-bond donors (Lipinski definition) is 2. The van der Waals surface area contributed by atoms with Crippen molar-refractivity contribution in [2.75, 3.05) is 13.7 Å². The normalized spacial score (nSPS) is 10.5. The summed E-state index contributed by atoms with van der Waals surface area (Å²) in [6.45, 7) is 5.96. The number of carbonyl (C=O) groups is 3. The largest absolute Gasteiger partial charge is 0.493 e. The number of methoxy groups -OCH3 is 1. The van der Waals surface area contributed by atoms with Gasteiger partial charge in [0.1, 0.15) is 0 Å². The molecule has 2 N–H and O–H groups in total. The number of amides is 2. The third-order valence-electron chi connectivity index (χ3n) is 5.20. The summed E-state index contributed by atoms with van der Waals surface area (Å²) in [7, 11) is 1.48. The van der Waals surface area contributed by atoms with Gasteiger partial charge in [0.15, 0.2) is 11.5 Å². The highest BCUT2D eigenvalue weighted by Gasteiger charge is 2.25. The van der Waals surface area contributed by atoms with Crippen LogP contribution in [0.5, 0.6) is 11.5 Å². The Morgan fingerprint density at radius 1 is 1.00 bits per heavy atom. The van der Waals surface area contributed by atoms with Crippen molar-refractivity contribution in [3.63, 3.8) is 0 Å². The topological polar surface area (TPSA) is 112 Å². The molecule has 1 aromatic heterocycles. The fourth-order valence-electron chi connectivity index (χ4n) is 3.40. The monoisotopic (exact) mass is 464 g/mol. The van der Waals surface area contributed by atoms with Gasteiger partial charge in [-0.1, -0.05) is 31.5 Å². The van der Waals surface area contributed by atoms with Crippen LogP contribution in [0.15, 0.2) is 48.5 Å². The molecule has 3 rings (SSSR count). The van der Waals surface area contributed by atoms with E-state index in [2.05, 4.69) is 22.9 Å². The number of hydrogen-bond acceptors (Lipinski definition) is 6. The maximum Gasteiger partial charge on any atom is 0.310 e. The summed E-state index contributed by atoms with van der Waals surface area (Å²) >= 11 is 0. The average molecular weight is 465 g/mol. The Bertz CT molecular complexity index is 1190. The number of aryl methyl sites for hydroxylation is 1. The molecular weight excluding hydrogens is 436 g/mol. The van der Waals surface area contributed by atoms with E-state index in [1.165, 1.54) is 13.2 Å². The van der Waals surface area contributed by atoms with Crippen LogP contribution in [0.1, 0.15) is 51.9 Å². The van der Waals surface area contributed by atoms with Gasteiger partial charge in [0.05, 0.1) is 36.4 Å². The maximum absolute atomic E-state index is 12.8. The minimum atomic E-state index is -0.973. The summed E-state index contributed by atoms with van der Waals surface area (Å²) in [6, 6.07) is 14.0. The highest BCUT2D eigenvalue weighted by Crippen LogP contribution is 2.28. The van der Waals surface area contributed by atoms with Crippen LogP contribution in [0.4, 0.5) is 0 Å². The standard InChI is InChI=1S/C25H28N4O5/c1-5-6-14-34-20-13-12-18(15-21(20)33-4)24(31)26-27-25(32)23(30)22-16(2)28-29(17(22)3)19-10-8-7-9-11-19/h7-13,15H,5-6,14H2,1-4H3,(H,26,31)(H,27,32). The molecule has 0 radical (unpaired) electrons. The predicted octanol–water partition coefficient (Wildman–Crippen LogP) is 3.32. The second-order valence-corrected chi connectivity index (χ2v) is 7.60. The Hall–Kier alpha value is -4.14. The van der Waals surface area contributed by atoms with Crippen LogP contribution in [-0.4, -0.2) is 41.1 Å². The number of para-hydroxylation sites is 1. The Morgan fingerprint density at radius 2 is 1.74 bits per heavy atom. The molecule has 34 heavy (non-hydrogen) atoms. The van der Waals surface area contributed by atoms with Crippen molar-refractivity contribution in [2.45, 2.75) is 33.6 Å². The molecule has 9 heteroatoms. The Kier molecular flexibility index (Phi) is 8.02. The van der Waals surface area contributed by atoms with Crippen molar-refractivity contribution in [2.24, 2.45) is 0 Å². The first-order chi connectivity index (χ1) is 16.4. The summed E-state index contributed by atoms with van der Waals surface area (Å²) in [5, 5.41) is 4.38. The number of ether oxygens (including phenoxy) is 2. The molecule has 0 fully saturated rings. The Morgan fingerprint density at radius 3 is 2.41 bits per heavy atom. The van der Waals surface area contributed by atoms with Crippen LogP contribution in [0.25, 0.3) is 5.69 Å². The first-order valence-electron chi connectivity index (χ1n) is 10.9. The smallest absolute Gasteiger partial charge is 0.310 e. The van der Waals surface area contributed by atoms with E-state index in [9.17, 15) is 14.4 Å². The number of unbranched alkanes of at least 4 members (excludes halogenated alkanes) is 1. The van der Waals surface area contributed by atoms with Crippen molar-refractivity contribution < 1.29 is 23.9 Å². The fraction of sp³-hybridized carbons (Fsp3) is 0.280. The molecule has 0 aliphatic heterocycles. The number of hydrazine groups is 1. The lowest BCUT2D eigenvalue weighted by molar-refractivity contribution is -0.117. The van der Waals surface area contributed by atoms with Gasteiger partial charge in [-0.2, -0.15) is 5.10 Å². The first kappa shape index (κ1) is 24.5. The van der Waals surface area contributed by atoms with E-state index in [-0.39, 0.29) is 11.1 Å². The second kappa shape index (κ2) is 11.1. The van der Waals surface area contributed by atoms with Gasteiger partial charge in [-0.3, -0.25) is 25.2 Å². The number of nitrogens with zero attached hydrogens (tertiary/aromatic N) is 2. The number of nitrogens with one attached hydrogen (secondary N) is 2. The zero-order chi connectivity index (χ0) is 24.7. The van der Waals surface area contributed by atoms with E-state index in [4.69, 9.17) is 9.47 Å². The zero-order valence-electron chi connectivity index (χ0n) is 19.7. The molecule has 0 unspecified atom stereocenters. The zero-order valence-corrected chi connectivity index (χ0v) is 19.7. The summed E-state index contributed by atoms with van der Waals surface area (Å²) in [5.74, 6) is -1.46. The van der Waals surface area contributed by atoms with Crippen molar-refractivity contribution in [3.05, 3.63) is 71.0 Å². The Balaban J connectivity index is 1.67. The SMILES string of the molecule is CCCCOc1ccc(C(=O)NNC(=O)C(=O)c2c(C)nn(-c3ccccc3)c2C)cc1OC. The molecule has 0 aliphatic rings. The average Bonchev–Trinajstić information content (AvgIpc) is 3.16. The summed E-state index contributed by atoms with van der Waals surface area (Å²) in [5.41, 5.74) is 6.58. The number of ketones is 1. The quantitative estimate of drug-likeness (QED) is 0.217. The lowest BCUT2D eigenvalue weighted by Gasteiger charge is -2.12. The van der Waals surface area contributed by atoms with Gasteiger partial charge >= 0.3 is 5.91 Å². The minimum Gasteiger partial charge on any atom is -0.493 e. The highest BCUT2D eigenvalue weighted by atomic mass is 16.5. The molecule has 0 spiro atoms. The van der Waals surface area contributed by atoms with Gasteiger partial charge in [0, 0.05) is 5.56 Å².